The second-order valence-corrected chi connectivity index (χ2v) is 9.27. The van der Waals surface area contributed by atoms with Crippen molar-refractivity contribution in [2.24, 2.45) is 0 Å². The molecule has 37 heavy (non-hydrogen) atoms. The first kappa shape index (κ1) is 25.3. The number of ether oxygens (including phenoxy) is 1. The fraction of sp³-hybridized carbons (Fsp3) is 0.296. The van der Waals surface area contributed by atoms with E-state index >= 15 is 0 Å². The highest BCUT2D eigenvalue weighted by molar-refractivity contribution is 6.07. The predicted molar refractivity (Wildman–Crippen MR) is 132 cm³/mol. The van der Waals surface area contributed by atoms with Crippen LogP contribution in [0.25, 0.3) is 21.7 Å². The van der Waals surface area contributed by atoms with Crippen LogP contribution in [0.4, 0.5) is 4.39 Å². The largest absolute Gasteiger partial charge is 0.394 e. The molecular weight excluding hydrogens is 483 g/mol. The Labute approximate surface area is 211 Å². The van der Waals surface area contributed by atoms with Crippen molar-refractivity contribution in [3.63, 3.8) is 0 Å². The van der Waals surface area contributed by atoms with Crippen molar-refractivity contribution in [3.8, 4) is 0 Å². The van der Waals surface area contributed by atoms with E-state index in [9.17, 15) is 34.7 Å². The van der Waals surface area contributed by atoms with Gasteiger partial charge in [0.25, 0.3) is 5.91 Å². The molecular formula is C27H27FN2O7. The van der Waals surface area contributed by atoms with Gasteiger partial charge in [-0.25, -0.2) is 4.39 Å². The van der Waals surface area contributed by atoms with E-state index in [2.05, 4.69) is 5.32 Å². The molecule has 0 saturated carbocycles. The van der Waals surface area contributed by atoms with Gasteiger partial charge in [0.1, 0.15) is 29.7 Å². The first-order valence-corrected chi connectivity index (χ1v) is 11.8. The van der Waals surface area contributed by atoms with E-state index < -0.39 is 55.1 Å². The Morgan fingerprint density at radius 1 is 1.03 bits per heavy atom. The number of fused-ring (bicyclic) bond motifs is 2. The lowest BCUT2D eigenvalue weighted by molar-refractivity contribution is -0.288. The van der Waals surface area contributed by atoms with Gasteiger partial charge in [0.05, 0.1) is 18.8 Å². The number of benzene rings is 3. The van der Waals surface area contributed by atoms with Crippen molar-refractivity contribution in [1.82, 2.24) is 9.88 Å². The number of nitrogens with one attached hydrogen (secondary N) is 1. The van der Waals surface area contributed by atoms with Crippen LogP contribution in [0.2, 0.25) is 0 Å². The predicted octanol–water partition coefficient (Wildman–Crippen LogP) is 0.874. The standard InChI is InChI=1S/C27H27FN2O7/c28-17-8-9-21-19(10-17)20(12-30(21)11-16-6-3-5-15-4-1-2-7-18(15)16)25(35)29-27(14-32)24(34)23(33)22(13-31)37-26(27)36/h1-10,12,22-24,26,31-34,36H,11,13-14H2,(H,29,35)/t22-,23-,24+,26?,27-/m1/s1. The lowest BCUT2D eigenvalue weighted by atomic mass is 9.83. The van der Waals surface area contributed by atoms with Crippen molar-refractivity contribution >= 4 is 27.6 Å². The summed E-state index contributed by atoms with van der Waals surface area (Å²) in [6.07, 6.45) is -5.31. The average molecular weight is 511 g/mol. The van der Waals surface area contributed by atoms with Crippen LogP contribution < -0.4 is 5.32 Å². The van der Waals surface area contributed by atoms with Crippen molar-refractivity contribution in [1.29, 1.82) is 0 Å². The molecule has 1 amide bonds. The van der Waals surface area contributed by atoms with Crippen LogP contribution in [0.5, 0.6) is 0 Å². The van der Waals surface area contributed by atoms with Gasteiger partial charge in [-0.15, -0.1) is 0 Å². The summed E-state index contributed by atoms with van der Waals surface area (Å²) in [6.45, 7) is -1.32. The summed E-state index contributed by atoms with van der Waals surface area (Å²) in [6, 6.07) is 17.8. The van der Waals surface area contributed by atoms with Gasteiger partial charge in [-0.05, 0) is 34.5 Å². The number of hydrogen-bond acceptors (Lipinski definition) is 7. The van der Waals surface area contributed by atoms with Gasteiger partial charge in [-0.2, -0.15) is 0 Å². The fourth-order valence-corrected chi connectivity index (χ4v) is 4.99. The molecule has 2 heterocycles. The van der Waals surface area contributed by atoms with Gasteiger partial charge in [0, 0.05) is 23.6 Å². The second-order valence-electron chi connectivity index (χ2n) is 9.27. The number of nitrogens with zero attached hydrogens (tertiary/aromatic N) is 1. The third kappa shape index (κ3) is 4.27. The minimum atomic E-state index is -2.19. The van der Waals surface area contributed by atoms with Gasteiger partial charge >= 0.3 is 0 Å². The zero-order chi connectivity index (χ0) is 26.3. The summed E-state index contributed by atoms with van der Waals surface area (Å²) in [7, 11) is 0. The lowest BCUT2D eigenvalue weighted by Gasteiger charge is -2.48. The summed E-state index contributed by atoms with van der Waals surface area (Å²) in [5, 5.41) is 55.6. The molecule has 0 radical (unpaired) electrons. The van der Waals surface area contributed by atoms with E-state index in [0.717, 1.165) is 16.3 Å². The maximum atomic E-state index is 14.2. The third-order valence-electron chi connectivity index (χ3n) is 7.07. The Morgan fingerprint density at radius 2 is 1.78 bits per heavy atom. The first-order chi connectivity index (χ1) is 17.8. The van der Waals surface area contributed by atoms with Crippen LogP contribution in [0.1, 0.15) is 15.9 Å². The molecule has 1 fully saturated rings. The van der Waals surface area contributed by atoms with E-state index in [1.54, 1.807) is 10.6 Å². The van der Waals surface area contributed by atoms with Crippen molar-refractivity contribution in [2.45, 2.75) is 36.7 Å². The van der Waals surface area contributed by atoms with Gasteiger partial charge < -0.3 is 40.2 Å². The maximum Gasteiger partial charge on any atom is 0.254 e. The van der Waals surface area contributed by atoms with E-state index in [1.807, 2.05) is 42.5 Å². The Hall–Kier alpha value is -3.38. The summed E-state index contributed by atoms with van der Waals surface area (Å²) < 4.78 is 21.2. The fourth-order valence-electron chi connectivity index (χ4n) is 4.99. The average Bonchev–Trinajstić information content (AvgIpc) is 3.26. The molecule has 0 spiro atoms. The molecule has 0 aliphatic carbocycles. The monoisotopic (exact) mass is 510 g/mol. The Kier molecular flexibility index (Phi) is 6.71. The highest BCUT2D eigenvalue weighted by Crippen LogP contribution is 2.31. The smallest absolute Gasteiger partial charge is 0.254 e. The number of aliphatic hydroxyl groups is 5. The summed E-state index contributed by atoms with van der Waals surface area (Å²) >= 11 is 0. The summed E-state index contributed by atoms with van der Waals surface area (Å²) in [5.74, 6) is -1.40. The molecule has 1 aromatic heterocycles. The van der Waals surface area contributed by atoms with Crippen molar-refractivity contribution in [3.05, 3.63) is 83.8 Å². The zero-order valence-corrected chi connectivity index (χ0v) is 19.7. The van der Waals surface area contributed by atoms with Crippen LogP contribution in [0.15, 0.2) is 66.9 Å². The van der Waals surface area contributed by atoms with Gasteiger partial charge in [0.15, 0.2) is 6.29 Å². The summed E-state index contributed by atoms with van der Waals surface area (Å²) in [5.41, 5.74) is -0.623. The van der Waals surface area contributed by atoms with Crippen LogP contribution >= 0.6 is 0 Å². The molecule has 9 nitrogen and oxygen atoms in total. The normalized spacial score (nSPS) is 26.0. The minimum absolute atomic E-state index is 0.0285. The number of aliphatic hydroxyl groups excluding tert-OH is 5. The Balaban J connectivity index is 1.54. The van der Waals surface area contributed by atoms with E-state index in [-0.39, 0.29) is 10.9 Å². The molecule has 1 unspecified atom stereocenters. The molecule has 6 N–H and O–H groups in total. The maximum absolute atomic E-state index is 14.2. The highest BCUT2D eigenvalue weighted by atomic mass is 19.1. The van der Waals surface area contributed by atoms with Crippen molar-refractivity contribution < 1.29 is 39.5 Å². The molecule has 3 aromatic carbocycles. The number of amides is 1. The Morgan fingerprint density at radius 3 is 2.54 bits per heavy atom. The molecule has 1 saturated heterocycles. The lowest BCUT2D eigenvalue weighted by Crippen LogP contribution is -2.74. The second kappa shape index (κ2) is 9.82. The number of halogens is 1. The SMILES string of the molecule is O=C(N[C@@]1(CO)C(O)O[C@H](CO)[C@@H](O)[C@@H]1O)c1cn(Cc2cccc3ccccc23)c2ccc(F)cc12. The Bertz CT molecular complexity index is 1450. The van der Waals surface area contributed by atoms with Crippen LogP contribution in [0, 0.1) is 5.82 Å². The molecule has 0 bridgehead atoms. The van der Waals surface area contributed by atoms with Gasteiger partial charge in [0.2, 0.25) is 0 Å². The molecule has 5 rings (SSSR count). The van der Waals surface area contributed by atoms with E-state index in [1.165, 1.54) is 18.3 Å². The van der Waals surface area contributed by atoms with Gasteiger partial charge in [-0.3, -0.25) is 4.79 Å². The number of carbonyl (C=O) groups excluding carboxylic acids is 1. The minimum Gasteiger partial charge on any atom is -0.394 e. The van der Waals surface area contributed by atoms with E-state index in [4.69, 9.17) is 4.74 Å². The number of aromatic nitrogens is 1. The van der Waals surface area contributed by atoms with Crippen LogP contribution in [-0.4, -0.2) is 79.4 Å². The number of hydrogen-bond donors (Lipinski definition) is 6. The molecule has 1 aliphatic rings. The topological polar surface area (TPSA) is 144 Å². The van der Waals surface area contributed by atoms with Gasteiger partial charge in [-0.1, -0.05) is 42.5 Å². The van der Waals surface area contributed by atoms with E-state index in [0.29, 0.717) is 12.1 Å². The van der Waals surface area contributed by atoms with Crippen LogP contribution in [-0.2, 0) is 11.3 Å². The highest BCUT2D eigenvalue weighted by Gasteiger charge is 2.56. The molecule has 194 valence electrons. The molecule has 4 aromatic rings. The van der Waals surface area contributed by atoms with Crippen LogP contribution in [0.3, 0.4) is 0 Å². The zero-order valence-electron chi connectivity index (χ0n) is 19.7. The summed E-state index contributed by atoms with van der Waals surface area (Å²) in [4.78, 5) is 13.5. The number of carbonyl (C=O) groups is 1. The first-order valence-electron chi connectivity index (χ1n) is 11.8. The number of rotatable bonds is 6. The quantitative estimate of drug-likeness (QED) is 0.226. The molecule has 5 atom stereocenters. The van der Waals surface area contributed by atoms with Crippen molar-refractivity contribution in [2.75, 3.05) is 13.2 Å². The third-order valence-corrected chi connectivity index (χ3v) is 7.07. The molecule has 1 aliphatic heterocycles. The molecule has 10 heteroatoms.